The Kier molecular flexibility index (Phi) is 5.34. The molecule has 4 heteroatoms. The predicted octanol–water partition coefficient (Wildman–Crippen LogP) is 4.46. The van der Waals surface area contributed by atoms with Gasteiger partial charge in [-0.1, -0.05) is 37.3 Å². The van der Waals surface area contributed by atoms with E-state index in [1.807, 2.05) is 18.2 Å². The summed E-state index contributed by atoms with van der Waals surface area (Å²) in [5, 5.41) is 13.9. The molecule has 1 unspecified atom stereocenters. The van der Waals surface area contributed by atoms with E-state index in [4.69, 9.17) is 11.6 Å². The highest BCUT2D eigenvalue weighted by Crippen LogP contribution is 2.29. The molecule has 1 atom stereocenters. The number of halogens is 2. The van der Waals surface area contributed by atoms with Gasteiger partial charge < -0.3 is 10.4 Å². The van der Waals surface area contributed by atoms with E-state index in [1.165, 1.54) is 25.7 Å². The summed E-state index contributed by atoms with van der Waals surface area (Å²) < 4.78 is 0.890. The number of aliphatic hydroxyl groups excluding tert-OH is 1. The van der Waals surface area contributed by atoms with Crippen LogP contribution in [0.5, 0.6) is 0 Å². The van der Waals surface area contributed by atoms with E-state index in [0.29, 0.717) is 11.6 Å². The zero-order valence-corrected chi connectivity index (χ0v) is 12.7. The number of hydrogen-bond acceptors (Lipinski definition) is 2. The van der Waals surface area contributed by atoms with E-state index in [2.05, 4.69) is 21.2 Å². The fourth-order valence-electron chi connectivity index (χ4n) is 2.56. The van der Waals surface area contributed by atoms with Gasteiger partial charge in [0, 0.05) is 16.7 Å². The standard InChI is InChI=1S/C14H19BrClNO/c15-13-6-5-11(8-14(13)16)17-9-12(18)7-10-3-1-2-4-10/h5-6,8,10,12,17-18H,1-4,7,9H2. The number of nitrogens with one attached hydrogen (secondary N) is 1. The van der Waals surface area contributed by atoms with Crippen LogP contribution < -0.4 is 5.32 Å². The lowest BCUT2D eigenvalue weighted by Crippen LogP contribution is -2.21. The van der Waals surface area contributed by atoms with Gasteiger partial charge in [0.25, 0.3) is 0 Å². The molecule has 1 aromatic carbocycles. The van der Waals surface area contributed by atoms with Crippen LogP contribution in [0.1, 0.15) is 32.1 Å². The zero-order chi connectivity index (χ0) is 13.0. The minimum atomic E-state index is -0.268. The maximum atomic E-state index is 9.99. The van der Waals surface area contributed by atoms with Crippen molar-refractivity contribution in [1.29, 1.82) is 0 Å². The van der Waals surface area contributed by atoms with Gasteiger partial charge in [0.15, 0.2) is 0 Å². The van der Waals surface area contributed by atoms with Crippen molar-refractivity contribution in [3.63, 3.8) is 0 Å². The maximum Gasteiger partial charge on any atom is 0.0715 e. The Hall–Kier alpha value is -0.250. The van der Waals surface area contributed by atoms with Crippen LogP contribution in [0.25, 0.3) is 0 Å². The molecule has 1 aromatic rings. The third-order valence-corrected chi connectivity index (χ3v) is 4.77. The molecule has 2 rings (SSSR count). The monoisotopic (exact) mass is 331 g/mol. The average Bonchev–Trinajstić information content (AvgIpc) is 2.83. The van der Waals surface area contributed by atoms with Gasteiger partial charge in [-0.15, -0.1) is 0 Å². The summed E-state index contributed by atoms with van der Waals surface area (Å²) in [6, 6.07) is 5.74. The van der Waals surface area contributed by atoms with Crippen molar-refractivity contribution in [2.45, 2.75) is 38.2 Å². The van der Waals surface area contributed by atoms with E-state index in [9.17, 15) is 5.11 Å². The first-order chi connectivity index (χ1) is 8.65. The first-order valence-corrected chi connectivity index (χ1v) is 7.69. The molecule has 1 saturated carbocycles. The molecular weight excluding hydrogens is 314 g/mol. The lowest BCUT2D eigenvalue weighted by molar-refractivity contribution is 0.155. The van der Waals surface area contributed by atoms with Crippen molar-refractivity contribution in [2.75, 3.05) is 11.9 Å². The Morgan fingerprint density at radius 1 is 1.39 bits per heavy atom. The largest absolute Gasteiger partial charge is 0.391 e. The summed E-state index contributed by atoms with van der Waals surface area (Å²) in [4.78, 5) is 0. The van der Waals surface area contributed by atoms with Crippen molar-refractivity contribution in [1.82, 2.24) is 0 Å². The molecule has 1 fully saturated rings. The van der Waals surface area contributed by atoms with Gasteiger partial charge in [0.05, 0.1) is 11.1 Å². The molecule has 2 N–H and O–H groups in total. The molecule has 0 aromatic heterocycles. The molecule has 1 aliphatic carbocycles. The van der Waals surface area contributed by atoms with Crippen LogP contribution in [-0.2, 0) is 0 Å². The van der Waals surface area contributed by atoms with E-state index in [1.54, 1.807) is 0 Å². The summed E-state index contributed by atoms with van der Waals surface area (Å²) in [5.41, 5.74) is 0.952. The van der Waals surface area contributed by atoms with Gasteiger partial charge in [0.1, 0.15) is 0 Å². The van der Waals surface area contributed by atoms with E-state index >= 15 is 0 Å². The van der Waals surface area contributed by atoms with Crippen molar-refractivity contribution >= 4 is 33.2 Å². The number of anilines is 1. The Bertz CT molecular complexity index is 393. The van der Waals surface area contributed by atoms with Crippen molar-refractivity contribution < 1.29 is 5.11 Å². The Morgan fingerprint density at radius 2 is 2.11 bits per heavy atom. The Morgan fingerprint density at radius 3 is 2.78 bits per heavy atom. The third kappa shape index (κ3) is 4.15. The molecule has 0 spiro atoms. The number of benzene rings is 1. The van der Waals surface area contributed by atoms with Crippen molar-refractivity contribution in [3.05, 3.63) is 27.7 Å². The molecule has 0 bridgehead atoms. The number of rotatable bonds is 5. The number of aliphatic hydroxyl groups is 1. The second-order valence-corrected chi connectivity index (χ2v) is 6.31. The quantitative estimate of drug-likeness (QED) is 0.834. The van der Waals surface area contributed by atoms with Gasteiger partial charge in [-0.2, -0.15) is 0 Å². The summed E-state index contributed by atoms with van der Waals surface area (Å²) in [7, 11) is 0. The molecule has 2 nitrogen and oxygen atoms in total. The lowest BCUT2D eigenvalue weighted by atomic mass is 10.00. The molecule has 0 heterocycles. The maximum absolute atomic E-state index is 9.99. The van der Waals surface area contributed by atoms with Crippen molar-refractivity contribution in [3.8, 4) is 0 Å². The van der Waals surface area contributed by atoms with E-state index in [0.717, 1.165) is 22.5 Å². The smallest absolute Gasteiger partial charge is 0.0715 e. The van der Waals surface area contributed by atoms with Gasteiger partial charge in [0.2, 0.25) is 0 Å². The van der Waals surface area contributed by atoms with Crippen LogP contribution in [0.15, 0.2) is 22.7 Å². The highest BCUT2D eigenvalue weighted by atomic mass is 79.9. The molecule has 0 saturated heterocycles. The van der Waals surface area contributed by atoms with E-state index in [-0.39, 0.29) is 6.10 Å². The molecule has 100 valence electrons. The van der Waals surface area contributed by atoms with Crippen LogP contribution in [-0.4, -0.2) is 17.8 Å². The SMILES string of the molecule is OC(CNc1ccc(Br)c(Cl)c1)CC1CCCC1. The van der Waals surface area contributed by atoms with Gasteiger partial charge in [-0.25, -0.2) is 0 Å². The molecule has 0 radical (unpaired) electrons. The van der Waals surface area contributed by atoms with Crippen LogP contribution in [0, 0.1) is 5.92 Å². The summed E-state index contributed by atoms with van der Waals surface area (Å²) in [5.74, 6) is 0.718. The Balaban J connectivity index is 1.77. The van der Waals surface area contributed by atoms with Crippen LogP contribution >= 0.6 is 27.5 Å². The minimum absolute atomic E-state index is 0.268. The highest BCUT2D eigenvalue weighted by molar-refractivity contribution is 9.10. The van der Waals surface area contributed by atoms with Crippen LogP contribution in [0.3, 0.4) is 0 Å². The Labute approximate surface area is 122 Å². The average molecular weight is 333 g/mol. The van der Waals surface area contributed by atoms with Gasteiger partial charge in [-0.3, -0.25) is 0 Å². The first kappa shape index (κ1) is 14.2. The summed E-state index contributed by atoms with van der Waals surface area (Å²) >= 11 is 9.38. The second kappa shape index (κ2) is 6.78. The lowest BCUT2D eigenvalue weighted by Gasteiger charge is -2.16. The summed E-state index contributed by atoms with van der Waals surface area (Å²) in [6.07, 6.45) is 5.86. The first-order valence-electron chi connectivity index (χ1n) is 6.52. The molecular formula is C14H19BrClNO. The molecule has 0 amide bonds. The minimum Gasteiger partial charge on any atom is -0.391 e. The molecule has 0 aliphatic heterocycles. The fourth-order valence-corrected chi connectivity index (χ4v) is 2.98. The second-order valence-electron chi connectivity index (χ2n) is 5.05. The van der Waals surface area contributed by atoms with Crippen molar-refractivity contribution in [2.24, 2.45) is 5.92 Å². The topological polar surface area (TPSA) is 32.3 Å². The zero-order valence-electron chi connectivity index (χ0n) is 10.3. The van der Waals surface area contributed by atoms with Crippen LogP contribution in [0.2, 0.25) is 5.02 Å². The normalized spacial score (nSPS) is 17.9. The van der Waals surface area contributed by atoms with Crippen LogP contribution in [0.4, 0.5) is 5.69 Å². The highest BCUT2D eigenvalue weighted by Gasteiger charge is 2.18. The predicted molar refractivity (Wildman–Crippen MR) is 80.2 cm³/mol. The number of hydrogen-bond donors (Lipinski definition) is 2. The summed E-state index contributed by atoms with van der Waals surface area (Å²) in [6.45, 7) is 0.592. The fraction of sp³-hybridized carbons (Fsp3) is 0.571. The third-order valence-electron chi connectivity index (χ3n) is 3.54. The molecule has 18 heavy (non-hydrogen) atoms. The van der Waals surface area contributed by atoms with E-state index < -0.39 is 0 Å². The molecule has 1 aliphatic rings. The van der Waals surface area contributed by atoms with Gasteiger partial charge >= 0.3 is 0 Å². The van der Waals surface area contributed by atoms with Gasteiger partial charge in [-0.05, 0) is 46.5 Å².